The van der Waals surface area contributed by atoms with Crippen LogP contribution in [0.1, 0.15) is 34.1 Å². The lowest BCUT2D eigenvalue weighted by Crippen LogP contribution is -2.42. The molecule has 1 atom stereocenters. The van der Waals surface area contributed by atoms with Crippen LogP contribution in [-0.4, -0.2) is 39.7 Å². The molecule has 0 bridgehead atoms. The number of carbonyl (C=O) groups is 2. The molecule has 0 radical (unpaired) electrons. The highest BCUT2D eigenvalue weighted by molar-refractivity contribution is 7.89. The highest BCUT2D eigenvalue weighted by Crippen LogP contribution is 2.16. The van der Waals surface area contributed by atoms with Gasteiger partial charge in [0.15, 0.2) is 0 Å². The van der Waals surface area contributed by atoms with Crippen molar-refractivity contribution in [3.63, 3.8) is 0 Å². The van der Waals surface area contributed by atoms with E-state index in [4.69, 9.17) is 9.47 Å². The van der Waals surface area contributed by atoms with Crippen molar-refractivity contribution in [2.45, 2.75) is 45.1 Å². The number of esters is 1. The van der Waals surface area contributed by atoms with Crippen LogP contribution in [0.15, 0.2) is 29.2 Å². The molecule has 0 saturated heterocycles. The number of amides is 1. The third-order valence-electron chi connectivity index (χ3n) is 3.26. The quantitative estimate of drug-likeness (QED) is 0.631. The lowest BCUT2D eigenvalue weighted by atomic mass is 10.1. The number of hydrogen-bond donors (Lipinski definition) is 2. The Balaban J connectivity index is 2.90. The summed E-state index contributed by atoms with van der Waals surface area (Å²) in [7, 11) is -3.92. The monoisotopic (exact) mass is 386 g/mol. The molecule has 1 aromatic rings. The van der Waals surface area contributed by atoms with E-state index in [0.29, 0.717) is 12.1 Å². The van der Waals surface area contributed by atoms with Gasteiger partial charge in [-0.25, -0.2) is 13.2 Å². The smallest absolute Gasteiger partial charge is 0.411 e. The first kappa shape index (κ1) is 21.9. The number of nitrogens with one attached hydrogen (secondary N) is 2. The maximum atomic E-state index is 12.5. The van der Waals surface area contributed by atoms with Crippen LogP contribution in [0.3, 0.4) is 0 Å². The van der Waals surface area contributed by atoms with Crippen LogP contribution < -0.4 is 10.0 Å². The third-order valence-corrected chi connectivity index (χ3v) is 4.75. The molecule has 8 nitrogen and oxygen atoms in total. The number of benzene rings is 1. The van der Waals surface area contributed by atoms with E-state index in [1.54, 1.807) is 13.8 Å². The van der Waals surface area contributed by atoms with E-state index >= 15 is 0 Å². The summed E-state index contributed by atoms with van der Waals surface area (Å²) >= 11 is 0. The summed E-state index contributed by atoms with van der Waals surface area (Å²) in [6.45, 7) is 7.51. The standard InChI is InChI=1S/C17H26N2O6S/c1-5-24-16(20)15(11-12(3)4)19-26(22,23)14-9-7-13(8-10-14)18-17(21)25-6-2/h7-10,12,15,19H,5-6,11H2,1-4H3,(H,18,21)/t15-/m0/s1. The summed E-state index contributed by atoms with van der Waals surface area (Å²) in [5.74, 6) is -0.506. The normalized spacial score (nSPS) is 12.5. The molecule has 0 aliphatic rings. The van der Waals surface area contributed by atoms with Crippen molar-refractivity contribution in [1.82, 2.24) is 4.72 Å². The molecule has 0 saturated carbocycles. The second-order valence-electron chi connectivity index (χ2n) is 5.93. The van der Waals surface area contributed by atoms with E-state index in [0.717, 1.165) is 0 Å². The molecule has 0 fully saturated rings. The van der Waals surface area contributed by atoms with Gasteiger partial charge >= 0.3 is 12.1 Å². The summed E-state index contributed by atoms with van der Waals surface area (Å²) < 4.78 is 37.2. The highest BCUT2D eigenvalue weighted by Gasteiger charge is 2.27. The number of rotatable bonds is 9. The van der Waals surface area contributed by atoms with Gasteiger partial charge in [-0.15, -0.1) is 0 Å². The fourth-order valence-corrected chi connectivity index (χ4v) is 3.36. The van der Waals surface area contributed by atoms with E-state index in [-0.39, 0.29) is 24.0 Å². The first-order chi connectivity index (χ1) is 12.2. The van der Waals surface area contributed by atoms with Crippen LogP contribution in [-0.2, 0) is 24.3 Å². The zero-order chi connectivity index (χ0) is 19.7. The molecule has 146 valence electrons. The van der Waals surface area contributed by atoms with E-state index in [9.17, 15) is 18.0 Å². The van der Waals surface area contributed by atoms with Gasteiger partial charge in [-0.3, -0.25) is 10.1 Å². The van der Waals surface area contributed by atoms with Crippen molar-refractivity contribution in [2.24, 2.45) is 5.92 Å². The molecule has 1 aromatic carbocycles. The zero-order valence-electron chi connectivity index (χ0n) is 15.4. The van der Waals surface area contributed by atoms with Crippen molar-refractivity contribution < 1.29 is 27.5 Å². The largest absolute Gasteiger partial charge is 0.465 e. The maximum Gasteiger partial charge on any atom is 0.411 e. The molecule has 0 unspecified atom stereocenters. The molecule has 0 aliphatic heterocycles. The van der Waals surface area contributed by atoms with Crippen LogP contribution in [0.4, 0.5) is 10.5 Å². The molecule has 0 spiro atoms. The van der Waals surface area contributed by atoms with Crippen molar-refractivity contribution in [2.75, 3.05) is 18.5 Å². The summed E-state index contributed by atoms with van der Waals surface area (Å²) in [6, 6.07) is 4.58. The molecular formula is C17H26N2O6S. The Kier molecular flexibility index (Phi) is 8.53. The van der Waals surface area contributed by atoms with Crippen LogP contribution in [0.25, 0.3) is 0 Å². The number of carbonyl (C=O) groups excluding carboxylic acids is 2. The number of ether oxygens (including phenoxy) is 2. The van der Waals surface area contributed by atoms with Gasteiger partial charge in [-0.05, 0) is 50.5 Å². The van der Waals surface area contributed by atoms with Gasteiger partial charge < -0.3 is 9.47 Å². The van der Waals surface area contributed by atoms with Crippen LogP contribution >= 0.6 is 0 Å². The van der Waals surface area contributed by atoms with Crippen LogP contribution in [0, 0.1) is 5.92 Å². The molecule has 1 rings (SSSR count). The average molecular weight is 386 g/mol. The second-order valence-corrected chi connectivity index (χ2v) is 7.64. The SMILES string of the molecule is CCOC(=O)Nc1ccc(S(=O)(=O)N[C@@H](CC(C)C)C(=O)OCC)cc1. The Labute approximate surface area is 154 Å². The highest BCUT2D eigenvalue weighted by atomic mass is 32.2. The lowest BCUT2D eigenvalue weighted by molar-refractivity contribution is -0.145. The summed E-state index contributed by atoms with van der Waals surface area (Å²) in [6.07, 6.45) is -0.304. The van der Waals surface area contributed by atoms with Crippen LogP contribution in [0.5, 0.6) is 0 Å². The molecule has 0 aliphatic carbocycles. The van der Waals surface area contributed by atoms with Gasteiger partial charge in [0.05, 0.1) is 18.1 Å². The van der Waals surface area contributed by atoms with Gasteiger partial charge in [-0.1, -0.05) is 13.8 Å². The predicted octanol–water partition coefficient (Wildman–Crippen LogP) is 2.51. The van der Waals surface area contributed by atoms with Gasteiger partial charge in [0.1, 0.15) is 6.04 Å². The van der Waals surface area contributed by atoms with Gasteiger partial charge in [0.2, 0.25) is 10.0 Å². The zero-order valence-corrected chi connectivity index (χ0v) is 16.3. The van der Waals surface area contributed by atoms with E-state index in [2.05, 4.69) is 10.0 Å². The Bertz CT molecular complexity index is 700. The maximum absolute atomic E-state index is 12.5. The third kappa shape index (κ3) is 7.01. The molecule has 0 heterocycles. The van der Waals surface area contributed by atoms with Crippen molar-refractivity contribution >= 4 is 27.8 Å². The molecular weight excluding hydrogens is 360 g/mol. The van der Waals surface area contributed by atoms with E-state index < -0.39 is 28.1 Å². The average Bonchev–Trinajstić information content (AvgIpc) is 2.54. The minimum atomic E-state index is -3.92. The number of hydrogen-bond acceptors (Lipinski definition) is 6. The van der Waals surface area contributed by atoms with Gasteiger partial charge in [0, 0.05) is 5.69 Å². The van der Waals surface area contributed by atoms with Crippen molar-refractivity contribution in [3.05, 3.63) is 24.3 Å². The fourth-order valence-electron chi connectivity index (χ4n) is 2.16. The summed E-state index contributed by atoms with van der Waals surface area (Å²) in [5.41, 5.74) is 0.395. The topological polar surface area (TPSA) is 111 Å². The van der Waals surface area contributed by atoms with Crippen molar-refractivity contribution in [1.29, 1.82) is 0 Å². The number of anilines is 1. The van der Waals surface area contributed by atoms with Crippen molar-refractivity contribution in [3.8, 4) is 0 Å². The number of sulfonamides is 1. The van der Waals surface area contributed by atoms with Gasteiger partial charge in [-0.2, -0.15) is 4.72 Å². The van der Waals surface area contributed by atoms with E-state index in [1.165, 1.54) is 24.3 Å². The first-order valence-corrected chi connectivity index (χ1v) is 9.90. The molecule has 0 aromatic heterocycles. The van der Waals surface area contributed by atoms with Gasteiger partial charge in [0.25, 0.3) is 0 Å². The summed E-state index contributed by atoms with van der Waals surface area (Å²) in [5, 5.41) is 2.47. The Morgan fingerprint density at radius 3 is 2.12 bits per heavy atom. The minimum absolute atomic E-state index is 0.0232. The first-order valence-electron chi connectivity index (χ1n) is 8.42. The second kappa shape index (κ2) is 10.1. The Hall–Kier alpha value is -2.13. The minimum Gasteiger partial charge on any atom is -0.465 e. The molecule has 9 heteroatoms. The Morgan fingerprint density at radius 2 is 1.62 bits per heavy atom. The van der Waals surface area contributed by atoms with E-state index in [1.807, 2.05) is 13.8 Å². The molecule has 26 heavy (non-hydrogen) atoms. The summed E-state index contributed by atoms with van der Waals surface area (Å²) in [4.78, 5) is 23.4. The Morgan fingerprint density at radius 1 is 1.04 bits per heavy atom. The lowest BCUT2D eigenvalue weighted by Gasteiger charge is -2.19. The fraction of sp³-hybridized carbons (Fsp3) is 0.529. The molecule has 1 amide bonds. The predicted molar refractivity (Wildman–Crippen MR) is 97.3 cm³/mol. The van der Waals surface area contributed by atoms with Crippen LogP contribution in [0.2, 0.25) is 0 Å². The molecule has 2 N–H and O–H groups in total.